The molecule has 1 aliphatic rings. The van der Waals surface area contributed by atoms with Gasteiger partial charge in [0.05, 0.1) is 11.2 Å². The monoisotopic (exact) mass is 342 g/mol. The largest absolute Gasteiger partial charge is 0.507 e. The highest BCUT2D eigenvalue weighted by Gasteiger charge is 2.27. The smallest absolute Gasteiger partial charge is 0.131 e. The highest BCUT2D eigenvalue weighted by Crippen LogP contribution is 2.38. The summed E-state index contributed by atoms with van der Waals surface area (Å²) in [5, 5.41) is 19.7. The molecule has 1 aliphatic heterocycles. The number of fused-ring (bicyclic) bond motifs is 1. The molecule has 0 radical (unpaired) electrons. The lowest BCUT2D eigenvalue weighted by molar-refractivity contribution is 0.128. The minimum atomic E-state index is -0.758. The second kappa shape index (κ2) is 7.49. The first-order chi connectivity index (χ1) is 11.6. The number of hydrogen-bond acceptors (Lipinski definition) is 3. The highest BCUT2D eigenvalue weighted by molar-refractivity contribution is 5.67. The van der Waals surface area contributed by atoms with Crippen molar-refractivity contribution in [2.75, 3.05) is 0 Å². The Morgan fingerprint density at radius 1 is 1.32 bits per heavy atom. The number of aliphatic hydroxyl groups is 1. The van der Waals surface area contributed by atoms with Crippen molar-refractivity contribution in [3.63, 3.8) is 0 Å². The molecule has 1 aromatic rings. The van der Waals surface area contributed by atoms with Crippen LogP contribution in [0.15, 0.2) is 42.0 Å². The third-order valence-corrected chi connectivity index (χ3v) is 4.31. The minimum absolute atomic E-state index is 0.266. The summed E-state index contributed by atoms with van der Waals surface area (Å²) in [6.45, 7) is 9.67. The number of phenolic OH excluding ortho intramolecular Hbond substituents is 1. The van der Waals surface area contributed by atoms with Gasteiger partial charge in [0, 0.05) is 0 Å². The third-order valence-electron chi connectivity index (χ3n) is 4.31. The summed E-state index contributed by atoms with van der Waals surface area (Å²) in [6.07, 6.45) is 12.7. The average Bonchev–Trinajstić information content (AvgIpc) is 2.44. The number of benzene rings is 1. The molecule has 1 heterocycles. The molecular formula is C22H30O3. The van der Waals surface area contributed by atoms with Gasteiger partial charge in [-0.2, -0.15) is 0 Å². The molecule has 0 spiro atoms. The molecule has 25 heavy (non-hydrogen) atoms. The summed E-state index contributed by atoms with van der Waals surface area (Å²) < 4.78 is 6.17. The number of aryl methyl sites for hydroxylation is 1. The second-order valence-corrected chi connectivity index (χ2v) is 7.79. The Labute approximate surface area is 151 Å². The Kier molecular flexibility index (Phi) is 5.79. The van der Waals surface area contributed by atoms with E-state index in [1.807, 2.05) is 37.3 Å². The lowest BCUT2D eigenvalue weighted by Gasteiger charge is -2.32. The minimum Gasteiger partial charge on any atom is -0.507 e. The number of rotatable bonds is 6. The van der Waals surface area contributed by atoms with Crippen molar-refractivity contribution < 1.29 is 14.9 Å². The molecule has 0 unspecified atom stereocenters. The van der Waals surface area contributed by atoms with E-state index in [-0.39, 0.29) is 11.4 Å². The summed E-state index contributed by atoms with van der Waals surface area (Å²) >= 11 is 0. The Hall–Kier alpha value is -2.00. The van der Waals surface area contributed by atoms with Crippen LogP contribution in [-0.4, -0.2) is 21.4 Å². The van der Waals surface area contributed by atoms with Gasteiger partial charge in [-0.25, -0.2) is 0 Å². The van der Waals surface area contributed by atoms with Gasteiger partial charge in [0.15, 0.2) is 0 Å². The Morgan fingerprint density at radius 3 is 2.72 bits per heavy atom. The normalized spacial score (nSPS) is 20.6. The molecule has 0 amide bonds. The Morgan fingerprint density at radius 2 is 2.04 bits per heavy atom. The fourth-order valence-corrected chi connectivity index (χ4v) is 2.90. The van der Waals surface area contributed by atoms with E-state index < -0.39 is 5.60 Å². The zero-order valence-electron chi connectivity index (χ0n) is 16.0. The van der Waals surface area contributed by atoms with Gasteiger partial charge < -0.3 is 14.9 Å². The molecule has 1 atom stereocenters. The van der Waals surface area contributed by atoms with Gasteiger partial charge in [0.25, 0.3) is 0 Å². The van der Waals surface area contributed by atoms with Crippen molar-refractivity contribution in [3.05, 3.63) is 53.1 Å². The van der Waals surface area contributed by atoms with Crippen molar-refractivity contribution in [3.8, 4) is 11.5 Å². The molecule has 0 aliphatic carbocycles. The van der Waals surface area contributed by atoms with Crippen LogP contribution in [0.5, 0.6) is 11.5 Å². The van der Waals surface area contributed by atoms with Gasteiger partial charge >= 0.3 is 0 Å². The number of hydrogen-bond donors (Lipinski definition) is 2. The number of phenols is 1. The van der Waals surface area contributed by atoms with Gasteiger partial charge in [-0.3, -0.25) is 0 Å². The molecule has 1 aromatic carbocycles. The van der Waals surface area contributed by atoms with Crippen LogP contribution in [0.3, 0.4) is 0 Å². The molecule has 2 N–H and O–H groups in total. The van der Waals surface area contributed by atoms with E-state index in [9.17, 15) is 10.2 Å². The molecule has 0 aromatic heterocycles. The molecule has 3 nitrogen and oxygen atoms in total. The van der Waals surface area contributed by atoms with Crippen molar-refractivity contribution in [1.29, 1.82) is 0 Å². The van der Waals surface area contributed by atoms with Crippen LogP contribution in [-0.2, 0) is 0 Å². The van der Waals surface area contributed by atoms with Crippen molar-refractivity contribution in [2.24, 2.45) is 0 Å². The van der Waals surface area contributed by atoms with Gasteiger partial charge in [0.1, 0.15) is 17.1 Å². The summed E-state index contributed by atoms with van der Waals surface area (Å²) in [5.41, 5.74) is 1.89. The second-order valence-electron chi connectivity index (χ2n) is 7.79. The zero-order chi connectivity index (χ0) is 18.7. The number of ether oxygens (including phenoxy) is 1. The van der Waals surface area contributed by atoms with E-state index in [1.54, 1.807) is 19.9 Å². The summed E-state index contributed by atoms with van der Waals surface area (Å²) in [7, 11) is 0. The lowest BCUT2D eigenvalue weighted by atomic mass is 9.93. The van der Waals surface area contributed by atoms with E-state index in [4.69, 9.17) is 4.74 Å². The van der Waals surface area contributed by atoms with Crippen molar-refractivity contribution in [2.45, 2.75) is 65.1 Å². The first kappa shape index (κ1) is 19.3. The molecule has 0 fully saturated rings. The van der Waals surface area contributed by atoms with E-state index >= 15 is 0 Å². The molecule has 0 bridgehead atoms. The Balaban J connectivity index is 1.95. The third kappa shape index (κ3) is 5.79. The topological polar surface area (TPSA) is 49.7 Å². The maximum atomic E-state index is 10.0. The van der Waals surface area contributed by atoms with Crippen LogP contribution >= 0.6 is 0 Å². The maximum absolute atomic E-state index is 10.0. The van der Waals surface area contributed by atoms with E-state index in [1.165, 1.54) is 5.57 Å². The van der Waals surface area contributed by atoms with E-state index in [2.05, 4.69) is 19.9 Å². The Bertz CT molecular complexity index is 705. The summed E-state index contributed by atoms with van der Waals surface area (Å²) in [5.74, 6) is 1.01. The highest BCUT2D eigenvalue weighted by atomic mass is 16.5. The lowest BCUT2D eigenvalue weighted by Crippen LogP contribution is -2.31. The first-order valence-electron chi connectivity index (χ1n) is 8.86. The first-order valence-corrected chi connectivity index (χ1v) is 8.86. The predicted molar refractivity (Wildman–Crippen MR) is 104 cm³/mol. The average molecular weight is 342 g/mol. The molecule has 0 saturated heterocycles. The van der Waals surface area contributed by atoms with Gasteiger partial charge in [0.2, 0.25) is 0 Å². The molecule has 0 saturated carbocycles. The molecular weight excluding hydrogens is 312 g/mol. The van der Waals surface area contributed by atoms with Crippen LogP contribution < -0.4 is 4.74 Å². The van der Waals surface area contributed by atoms with Crippen LogP contribution in [0.4, 0.5) is 0 Å². The fraction of sp³-hybridized carbons (Fsp3) is 0.455. The standard InChI is InChI=1S/C22H30O3/c1-16(8-6-11-21(3,4)24)9-7-12-22(5)13-10-18-19(23)14-17(2)15-20(18)25-22/h6,9-11,13-15,23-24H,7-8,12H2,1-5H3/b11-6+,16-9+/t22-/m1/s1. The van der Waals surface area contributed by atoms with Crippen molar-refractivity contribution in [1.82, 2.24) is 0 Å². The van der Waals surface area contributed by atoms with Crippen molar-refractivity contribution >= 4 is 6.08 Å². The van der Waals surface area contributed by atoms with Crippen LogP contribution in [0, 0.1) is 6.92 Å². The van der Waals surface area contributed by atoms with Gasteiger partial charge in [-0.15, -0.1) is 0 Å². The van der Waals surface area contributed by atoms with Gasteiger partial charge in [-0.05, 0) is 83.7 Å². The fourth-order valence-electron chi connectivity index (χ4n) is 2.90. The quantitative estimate of drug-likeness (QED) is 0.689. The molecule has 2 rings (SSSR count). The van der Waals surface area contributed by atoms with Crippen LogP contribution in [0.1, 0.15) is 58.1 Å². The summed E-state index contributed by atoms with van der Waals surface area (Å²) in [6, 6.07) is 3.72. The summed E-state index contributed by atoms with van der Waals surface area (Å²) in [4.78, 5) is 0. The SMILES string of the molecule is C/C(=C\CC[C@]1(C)C=Cc2c(O)cc(C)cc2O1)C/C=C/C(C)(C)O. The zero-order valence-corrected chi connectivity index (χ0v) is 16.0. The number of allylic oxidation sites excluding steroid dienone is 3. The van der Waals surface area contributed by atoms with Gasteiger partial charge in [-0.1, -0.05) is 23.8 Å². The molecule has 136 valence electrons. The number of aromatic hydroxyl groups is 1. The van der Waals surface area contributed by atoms with E-state index in [0.29, 0.717) is 0 Å². The van der Waals surface area contributed by atoms with Crippen LogP contribution in [0.25, 0.3) is 6.08 Å². The maximum Gasteiger partial charge on any atom is 0.131 e. The molecule has 3 heteroatoms. The van der Waals surface area contributed by atoms with E-state index in [0.717, 1.165) is 36.1 Å². The predicted octanol–water partition coefficient (Wildman–Crippen LogP) is 5.31. The van der Waals surface area contributed by atoms with Crippen LogP contribution in [0.2, 0.25) is 0 Å².